The molecular formula is C16H28N3NaO3. The molecule has 1 rings (SSSR count). The zero-order valence-electron chi connectivity index (χ0n) is 13.3. The summed E-state index contributed by atoms with van der Waals surface area (Å²) < 4.78 is 0. The zero-order chi connectivity index (χ0) is 16.2. The van der Waals surface area contributed by atoms with E-state index in [1.54, 1.807) is 6.20 Å². The fraction of sp³-hybridized carbons (Fsp3) is 0.688. The third kappa shape index (κ3) is 10.5. The van der Waals surface area contributed by atoms with Crippen LogP contribution < -0.4 is 5.32 Å². The summed E-state index contributed by atoms with van der Waals surface area (Å²) in [6.07, 6.45) is 11.6. The number of carboxylic acid groups (broad SMARTS) is 1. The number of carbonyl (C=O) groups is 2. The number of nitrogens with zero attached hydrogens (tertiary/aromatic N) is 1. The Kier molecular flexibility index (Phi) is 13.1. The molecular weight excluding hydrogens is 305 g/mol. The predicted molar refractivity (Wildman–Crippen MR) is 91.6 cm³/mol. The molecule has 0 saturated heterocycles. The molecule has 1 aromatic rings. The number of carbonyl (C=O) groups excluding carboxylic acids is 1. The van der Waals surface area contributed by atoms with E-state index in [4.69, 9.17) is 5.11 Å². The molecule has 23 heavy (non-hydrogen) atoms. The van der Waals surface area contributed by atoms with Crippen LogP contribution >= 0.6 is 0 Å². The Morgan fingerprint density at radius 2 is 1.87 bits per heavy atom. The maximum atomic E-state index is 11.8. The molecule has 6 nitrogen and oxygen atoms in total. The van der Waals surface area contributed by atoms with E-state index in [2.05, 4.69) is 22.2 Å². The first kappa shape index (κ1) is 22.1. The Balaban J connectivity index is 0.00000484. The van der Waals surface area contributed by atoms with Crippen molar-refractivity contribution in [3.05, 3.63) is 18.2 Å². The monoisotopic (exact) mass is 333 g/mol. The molecule has 0 saturated carbocycles. The minimum absolute atomic E-state index is 0. The van der Waals surface area contributed by atoms with Gasteiger partial charge < -0.3 is 15.4 Å². The Morgan fingerprint density at radius 3 is 2.43 bits per heavy atom. The third-order valence-corrected chi connectivity index (χ3v) is 3.62. The van der Waals surface area contributed by atoms with E-state index in [1.807, 2.05) is 0 Å². The molecule has 126 valence electrons. The van der Waals surface area contributed by atoms with Crippen molar-refractivity contribution in [3.8, 4) is 0 Å². The number of aromatic amines is 1. The molecule has 0 aliphatic heterocycles. The molecule has 1 amide bonds. The van der Waals surface area contributed by atoms with Gasteiger partial charge in [0.05, 0.1) is 6.33 Å². The van der Waals surface area contributed by atoms with E-state index >= 15 is 0 Å². The van der Waals surface area contributed by atoms with Crippen LogP contribution in [-0.4, -0.2) is 62.6 Å². The maximum absolute atomic E-state index is 11.8. The summed E-state index contributed by atoms with van der Waals surface area (Å²) in [5.74, 6) is -1.22. The van der Waals surface area contributed by atoms with Gasteiger partial charge in [-0.05, 0) is 6.42 Å². The second kappa shape index (κ2) is 13.6. The second-order valence-electron chi connectivity index (χ2n) is 5.61. The van der Waals surface area contributed by atoms with Crippen molar-refractivity contribution in [3.63, 3.8) is 0 Å². The zero-order valence-corrected chi connectivity index (χ0v) is 13.3. The number of aromatic nitrogens is 2. The summed E-state index contributed by atoms with van der Waals surface area (Å²) in [4.78, 5) is 29.7. The van der Waals surface area contributed by atoms with Crippen molar-refractivity contribution in [2.45, 2.75) is 70.8 Å². The number of unbranched alkanes of at least 4 members (excludes halogenated alkanes) is 6. The van der Waals surface area contributed by atoms with Gasteiger partial charge in [-0.1, -0.05) is 45.4 Å². The standard InChI is InChI=1S/C16H27N3O3.Na.H/c1-2-3-4-5-6-7-8-9-15(20)19-14(16(21)22)10-13-11-17-12-18-13;;/h11-12,14H,2-10H2,1H3,(H,17,18)(H,19,20)(H,21,22);;/t14-;;/m0../s1. The number of nitrogens with one attached hydrogen (secondary N) is 2. The summed E-state index contributed by atoms with van der Waals surface area (Å²) in [5.41, 5.74) is 0.698. The molecule has 0 aromatic carbocycles. The first-order valence-corrected chi connectivity index (χ1v) is 8.13. The van der Waals surface area contributed by atoms with Crippen LogP contribution in [0, 0.1) is 0 Å². The van der Waals surface area contributed by atoms with Gasteiger partial charge in [0.25, 0.3) is 0 Å². The number of amides is 1. The fourth-order valence-corrected chi connectivity index (χ4v) is 2.33. The van der Waals surface area contributed by atoms with E-state index in [9.17, 15) is 9.59 Å². The summed E-state index contributed by atoms with van der Waals surface area (Å²) in [5, 5.41) is 11.7. The minimum atomic E-state index is -1.03. The van der Waals surface area contributed by atoms with Gasteiger partial charge in [-0.15, -0.1) is 0 Å². The Morgan fingerprint density at radius 1 is 1.22 bits per heavy atom. The Bertz CT molecular complexity index is 438. The van der Waals surface area contributed by atoms with Crippen molar-refractivity contribution < 1.29 is 14.7 Å². The first-order chi connectivity index (χ1) is 10.6. The number of carboxylic acids is 1. The van der Waals surface area contributed by atoms with Crippen LogP contribution in [-0.2, 0) is 16.0 Å². The van der Waals surface area contributed by atoms with Gasteiger partial charge >= 0.3 is 35.5 Å². The SMILES string of the molecule is CCCCCCCCCC(=O)N[C@@H](Cc1cnc[nH]1)C(=O)O.[NaH]. The number of imidazole rings is 1. The molecule has 1 atom stereocenters. The van der Waals surface area contributed by atoms with Crippen LogP contribution in [0.15, 0.2) is 12.5 Å². The topological polar surface area (TPSA) is 95.1 Å². The number of hydrogen-bond donors (Lipinski definition) is 3. The van der Waals surface area contributed by atoms with Gasteiger partial charge in [0.1, 0.15) is 6.04 Å². The van der Waals surface area contributed by atoms with Gasteiger partial charge in [0, 0.05) is 24.7 Å². The van der Waals surface area contributed by atoms with E-state index in [0.717, 1.165) is 19.3 Å². The van der Waals surface area contributed by atoms with Crippen LogP contribution in [0.25, 0.3) is 0 Å². The van der Waals surface area contributed by atoms with Crippen molar-refractivity contribution in [1.29, 1.82) is 0 Å². The van der Waals surface area contributed by atoms with Gasteiger partial charge in [0.15, 0.2) is 0 Å². The third-order valence-electron chi connectivity index (χ3n) is 3.62. The number of aliphatic carboxylic acids is 1. The molecule has 0 spiro atoms. The quantitative estimate of drug-likeness (QED) is 0.403. The second-order valence-corrected chi connectivity index (χ2v) is 5.61. The molecule has 1 aromatic heterocycles. The summed E-state index contributed by atoms with van der Waals surface area (Å²) in [7, 11) is 0. The number of rotatable bonds is 12. The Hall–Kier alpha value is -0.850. The molecule has 0 unspecified atom stereocenters. The molecule has 0 radical (unpaired) electrons. The normalized spacial score (nSPS) is 11.5. The molecule has 0 bridgehead atoms. The fourth-order valence-electron chi connectivity index (χ4n) is 2.33. The van der Waals surface area contributed by atoms with Crippen LogP contribution in [0.1, 0.15) is 64.0 Å². The summed E-state index contributed by atoms with van der Waals surface area (Å²) in [6, 6.07) is -0.905. The van der Waals surface area contributed by atoms with Gasteiger partial charge in [0.2, 0.25) is 5.91 Å². The van der Waals surface area contributed by atoms with Crippen LogP contribution in [0.3, 0.4) is 0 Å². The Labute approximate surface area is 160 Å². The molecule has 0 aliphatic carbocycles. The van der Waals surface area contributed by atoms with Gasteiger partial charge in [-0.3, -0.25) is 4.79 Å². The van der Waals surface area contributed by atoms with Crippen molar-refractivity contribution in [1.82, 2.24) is 15.3 Å². The van der Waals surface area contributed by atoms with E-state index in [-0.39, 0.29) is 41.9 Å². The van der Waals surface area contributed by atoms with Crippen molar-refractivity contribution >= 4 is 41.4 Å². The van der Waals surface area contributed by atoms with Crippen LogP contribution in [0.5, 0.6) is 0 Å². The predicted octanol–water partition coefficient (Wildman–Crippen LogP) is 2.01. The van der Waals surface area contributed by atoms with E-state index in [1.165, 1.54) is 32.0 Å². The van der Waals surface area contributed by atoms with E-state index < -0.39 is 12.0 Å². The average Bonchev–Trinajstić information content (AvgIpc) is 2.98. The molecule has 0 aliphatic rings. The van der Waals surface area contributed by atoms with Crippen LogP contribution in [0.4, 0.5) is 0 Å². The van der Waals surface area contributed by atoms with Gasteiger partial charge in [-0.25, -0.2) is 9.78 Å². The number of hydrogen-bond acceptors (Lipinski definition) is 3. The van der Waals surface area contributed by atoms with Gasteiger partial charge in [-0.2, -0.15) is 0 Å². The molecule has 1 heterocycles. The van der Waals surface area contributed by atoms with Crippen molar-refractivity contribution in [2.24, 2.45) is 0 Å². The molecule has 7 heteroatoms. The molecule has 3 N–H and O–H groups in total. The first-order valence-electron chi connectivity index (χ1n) is 8.13. The average molecular weight is 333 g/mol. The van der Waals surface area contributed by atoms with Crippen LogP contribution in [0.2, 0.25) is 0 Å². The summed E-state index contributed by atoms with van der Waals surface area (Å²) >= 11 is 0. The molecule has 0 fully saturated rings. The van der Waals surface area contributed by atoms with Crippen molar-refractivity contribution in [2.75, 3.05) is 0 Å². The number of H-pyrrole nitrogens is 1. The summed E-state index contributed by atoms with van der Waals surface area (Å²) in [6.45, 7) is 2.19. The van der Waals surface area contributed by atoms with E-state index in [0.29, 0.717) is 12.1 Å².